The Hall–Kier alpha value is -1.84. The predicted molar refractivity (Wildman–Crippen MR) is 72.7 cm³/mol. The van der Waals surface area contributed by atoms with Crippen LogP contribution in [0.3, 0.4) is 0 Å². The highest BCUT2D eigenvalue weighted by Gasteiger charge is 2.15. The molecule has 3 rings (SSSR count). The Morgan fingerprint density at radius 2 is 2.17 bits per heavy atom. The zero-order valence-corrected chi connectivity index (χ0v) is 11.1. The summed E-state index contributed by atoms with van der Waals surface area (Å²) in [5.74, 6) is 2.22. The number of benzene rings is 1. The van der Waals surface area contributed by atoms with Crippen molar-refractivity contribution in [2.45, 2.75) is 26.2 Å². The summed E-state index contributed by atoms with van der Waals surface area (Å²) in [6.07, 6.45) is 1.10. The maximum Gasteiger partial charge on any atom is 0.158 e. The van der Waals surface area contributed by atoms with Gasteiger partial charge in [0.15, 0.2) is 11.6 Å². The van der Waals surface area contributed by atoms with E-state index in [9.17, 15) is 0 Å². The monoisotopic (exact) mass is 242 g/mol. The van der Waals surface area contributed by atoms with Gasteiger partial charge in [-0.1, -0.05) is 13.8 Å². The molecular weight excluding hydrogens is 224 g/mol. The van der Waals surface area contributed by atoms with Gasteiger partial charge in [-0.2, -0.15) is 5.10 Å². The first-order chi connectivity index (χ1) is 8.65. The van der Waals surface area contributed by atoms with Crippen LogP contribution in [0.5, 0.6) is 0 Å². The highest BCUT2D eigenvalue weighted by Crippen LogP contribution is 2.28. The van der Waals surface area contributed by atoms with E-state index in [0.717, 1.165) is 30.2 Å². The van der Waals surface area contributed by atoms with Crippen LogP contribution in [0.2, 0.25) is 0 Å². The van der Waals surface area contributed by atoms with Gasteiger partial charge in [0.05, 0.1) is 0 Å². The van der Waals surface area contributed by atoms with E-state index in [0.29, 0.717) is 5.92 Å². The molecule has 0 radical (unpaired) electrons. The third-order valence-electron chi connectivity index (χ3n) is 3.37. The molecule has 1 N–H and O–H groups in total. The molecule has 0 amide bonds. The molecule has 1 aliphatic heterocycles. The molecular formula is C14H18N4. The van der Waals surface area contributed by atoms with Crippen molar-refractivity contribution in [2.75, 3.05) is 11.9 Å². The Kier molecular flexibility index (Phi) is 2.58. The van der Waals surface area contributed by atoms with Crippen molar-refractivity contribution in [3.8, 4) is 11.4 Å². The first kappa shape index (κ1) is 11.3. The Bertz CT molecular complexity index is 583. The maximum absolute atomic E-state index is 4.64. The number of nitrogens with one attached hydrogen (secondary N) is 1. The van der Waals surface area contributed by atoms with Crippen LogP contribution < -0.4 is 5.32 Å². The first-order valence-corrected chi connectivity index (χ1v) is 6.43. The fourth-order valence-corrected chi connectivity index (χ4v) is 2.34. The van der Waals surface area contributed by atoms with Gasteiger partial charge in [0.2, 0.25) is 0 Å². The van der Waals surface area contributed by atoms with Crippen molar-refractivity contribution in [2.24, 2.45) is 7.05 Å². The molecule has 18 heavy (non-hydrogen) atoms. The molecule has 0 bridgehead atoms. The van der Waals surface area contributed by atoms with E-state index in [1.165, 1.54) is 11.3 Å². The molecule has 2 heterocycles. The number of rotatable bonds is 2. The van der Waals surface area contributed by atoms with Crippen LogP contribution in [-0.2, 0) is 13.5 Å². The maximum atomic E-state index is 4.64. The van der Waals surface area contributed by atoms with E-state index in [1.807, 2.05) is 11.7 Å². The van der Waals surface area contributed by atoms with Crippen LogP contribution in [-0.4, -0.2) is 21.3 Å². The van der Waals surface area contributed by atoms with Crippen molar-refractivity contribution in [3.63, 3.8) is 0 Å². The Morgan fingerprint density at radius 1 is 1.33 bits per heavy atom. The molecule has 4 heteroatoms. The second-order valence-corrected chi connectivity index (χ2v) is 5.12. The molecule has 0 saturated heterocycles. The van der Waals surface area contributed by atoms with E-state index in [-0.39, 0.29) is 0 Å². The van der Waals surface area contributed by atoms with Crippen LogP contribution in [0.4, 0.5) is 5.69 Å². The molecule has 0 aliphatic carbocycles. The van der Waals surface area contributed by atoms with Crippen LogP contribution in [0.15, 0.2) is 18.2 Å². The summed E-state index contributed by atoms with van der Waals surface area (Å²) in [5, 5.41) is 7.84. The lowest BCUT2D eigenvalue weighted by Gasteiger charge is -2.03. The molecule has 0 saturated carbocycles. The Balaban J connectivity index is 2.04. The van der Waals surface area contributed by atoms with Gasteiger partial charge in [-0.25, -0.2) is 9.67 Å². The van der Waals surface area contributed by atoms with E-state index in [1.54, 1.807) is 0 Å². The van der Waals surface area contributed by atoms with Gasteiger partial charge in [-0.3, -0.25) is 0 Å². The summed E-state index contributed by atoms with van der Waals surface area (Å²) in [6.45, 7) is 5.27. The van der Waals surface area contributed by atoms with Crippen molar-refractivity contribution >= 4 is 5.69 Å². The minimum atomic E-state index is 0.362. The van der Waals surface area contributed by atoms with Gasteiger partial charge in [-0.05, 0) is 30.2 Å². The summed E-state index contributed by atoms with van der Waals surface area (Å²) in [7, 11) is 1.96. The molecule has 1 aromatic carbocycles. The summed E-state index contributed by atoms with van der Waals surface area (Å²) in [4.78, 5) is 4.64. The van der Waals surface area contributed by atoms with Crippen LogP contribution >= 0.6 is 0 Å². The molecule has 0 atom stereocenters. The largest absolute Gasteiger partial charge is 0.384 e. The predicted octanol–water partition coefficient (Wildman–Crippen LogP) is 2.57. The normalized spacial score (nSPS) is 13.8. The average Bonchev–Trinajstić information content (AvgIpc) is 2.93. The van der Waals surface area contributed by atoms with E-state index >= 15 is 0 Å². The lowest BCUT2D eigenvalue weighted by molar-refractivity contribution is 0.712. The number of fused-ring (bicyclic) bond motifs is 1. The van der Waals surface area contributed by atoms with Crippen molar-refractivity contribution in [1.29, 1.82) is 0 Å². The lowest BCUT2D eigenvalue weighted by Crippen LogP contribution is -1.95. The standard InChI is InChI=1S/C14H18N4/c1-9(2)13-16-14(18(3)17-13)11-4-5-12-10(8-11)6-7-15-12/h4-5,8-9,15H,6-7H2,1-3H3. The Morgan fingerprint density at radius 3 is 2.89 bits per heavy atom. The minimum Gasteiger partial charge on any atom is -0.384 e. The SMILES string of the molecule is CC(C)c1nc(-c2ccc3c(c2)CCN3)n(C)n1. The fourth-order valence-electron chi connectivity index (χ4n) is 2.34. The number of aromatic nitrogens is 3. The average molecular weight is 242 g/mol. The first-order valence-electron chi connectivity index (χ1n) is 6.43. The molecule has 0 fully saturated rings. The number of hydrogen-bond acceptors (Lipinski definition) is 3. The van der Waals surface area contributed by atoms with E-state index in [2.05, 4.69) is 47.4 Å². The van der Waals surface area contributed by atoms with Gasteiger partial charge < -0.3 is 5.32 Å². The Labute approximate surface area is 107 Å². The molecule has 1 aromatic heterocycles. The summed E-state index contributed by atoms with van der Waals surface area (Å²) >= 11 is 0. The molecule has 94 valence electrons. The zero-order chi connectivity index (χ0) is 12.7. The summed E-state index contributed by atoms with van der Waals surface area (Å²) < 4.78 is 1.87. The van der Waals surface area contributed by atoms with Crippen LogP contribution in [0.25, 0.3) is 11.4 Å². The molecule has 0 unspecified atom stereocenters. The van der Waals surface area contributed by atoms with Crippen LogP contribution in [0.1, 0.15) is 31.2 Å². The topological polar surface area (TPSA) is 42.7 Å². The summed E-state index contributed by atoms with van der Waals surface area (Å²) in [5.41, 5.74) is 3.78. The molecule has 2 aromatic rings. The van der Waals surface area contributed by atoms with Gasteiger partial charge in [0.1, 0.15) is 0 Å². The van der Waals surface area contributed by atoms with Gasteiger partial charge in [-0.15, -0.1) is 0 Å². The number of hydrogen-bond donors (Lipinski definition) is 1. The third kappa shape index (κ3) is 1.78. The fraction of sp³-hybridized carbons (Fsp3) is 0.429. The van der Waals surface area contributed by atoms with Crippen molar-refractivity contribution < 1.29 is 0 Å². The molecule has 4 nitrogen and oxygen atoms in total. The van der Waals surface area contributed by atoms with Crippen molar-refractivity contribution in [3.05, 3.63) is 29.6 Å². The second kappa shape index (κ2) is 4.12. The zero-order valence-electron chi connectivity index (χ0n) is 11.1. The van der Waals surface area contributed by atoms with Gasteiger partial charge in [0, 0.05) is 30.8 Å². The third-order valence-corrected chi connectivity index (χ3v) is 3.37. The number of aryl methyl sites for hydroxylation is 1. The number of anilines is 1. The molecule has 0 spiro atoms. The quantitative estimate of drug-likeness (QED) is 0.880. The molecule has 1 aliphatic rings. The summed E-state index contributed by atoms with van der Waals surface area (Å²) in [6, 6.07) is 6.48. The lowest BCUT2D eigenvalue weighted by atomic mass is 10.1. The van der Waals surface area contributed by atoms with Gasteiger partial charge >= 0.3 is 0 Å². The van der Waals surface area contributed by atoms with E-state index < -0.39 is 0 Å². The highest BCUT2D eigenvalue weighted by molar-refractivity contribution is 5.66. The van der Waals surface area contributed by atoms with Crippen LogP contribution in [0, 0.1) is 0 Å². The van der Waals surface area contributed by atoms with E-state index in [4.69, 9.17) is 0 Å². The van der Waals surface area contributed by atoms with Gasteiger partial charge in [0.25, 0.3) is 0 Å². The highest BCUT2D eigenvalue weighted by atomic mass is 15.3. The van der Waals surface area contributed by atoms with Crippen molar-refractivity contribution in [1.82, 2.24) is 14.8 Å². The smallest absolute Gasteiger partial charge is 0.158 e. The second-order valence-electron chi connectivity index (χ2n) is 5.12. The minimum absolute atomic E-state index is 0.362. The number of nitrogens with zero attached hydrogens (tertiary/aromatic N) is 3.